The molecule has 138 valence electrons. The van der Waals surface area contributed by atoms with Gasteiger partial charge in [0.15, 0.2) is 16.8 Å². The molecule has 0 aliphatic carbocycles. The van der Waals surface area contributed by atoms with Crippen LogP contribution in [-0.4, -0.2) is 26.3 Å². The highest BCUT2D eigenvalue weighted by Crippen LogP contribution is 2.26. The SMILES string of the molecule is C=CCn1c(SCCCC(=O)c2ccccc2)nnc1-c1ccc(Br)cc1. The summed E-state index contributed by atoms with van der Waals surface area (Å²) >= 11 is 5.08. The number of halogens is 1. The number of hydrogen-bond acceptors (Lipinski definition) is 4. The summed E-state index contributed by atoms with van der Waals surface area (Å²) in [5.41, 5.74) is 1.79. The Labute approximate surface area is 171 Å². The minimum atomic E-state index is 0.180. The Hall–Kier alpha value is -2.18. The van der Waals surface area contributed by atoms with Gasteiger partial charge in [0.1, 0.15) is 0 Å². The van der Waals surface area contributed by atoms with E-state index < -0.39 is 0 Å². The van der Waals surface area contributed by atoms with Crippen LogP contribution in [0, 0.1) is 0 Å². The van der Waals surface area contributed by atoms with Gasteiger partial charge in [0.2, 0.25) is 0 Å². The monoisotopic (exact) mass is 441 g/mol. The smallest absolute Gasteiger partial charge is 0.191 e. The van der Waals surface area contributed by atoms with Gasteiger partial charge in [0, 0.05) is 34.3 Å². The molecule has 2 aromatic carbocycles. The van der Waals surface area contributed by atoms with E-state index >= 15 is 0 Å². The summed E-state index contributed by atoms with van der Waals surface area (Å²) in [6, 6.07) is 17.4. The van der Waals surface area contributed by atoms with Gasteiger partial charge < -0.3 is 0 Å². The van der Waals surface area contributed by atoms with Gasteiger partial charge >= 0.3 is 0 Å². The molecule has 3 aromatic rings. The molecule has 0 atom stereocenters. The molecule has 0 saturated carbocycles. The molecule has 6 heteroatoms. The fraction of sp³-hybridized carbons (Fsp3) is 0.190. The number of ketones is 1. The van der Waals surface area contributed by atoms with Crippen LogP contribution in [0.3, 0.4) is 0 Å². The van der Waals surface area contributed by atoms with Crippen molar-refractivity contribution in [3.05, 3.63) is 77.3 Å². The van der Waals surface area contributed by atoms with Crippen molar-refractivity contribution in [1.82, 2.24) is 14.8 Å². The average molecular weight is 442 g/mol. The van der Waals surface area contributed by atoms with Crippen molar-refractivity contribution < 1.29 is 4.79 Å². The molecule has 0 N–H and O–H groups in total. The number of rotatable bonds is 9. The first-order chi connectivity index (χ1) is 13.2. The Balaban J connectivity index is 1.62. The number of Topliss-reactive ketones (excluding diaryl/α,β-unsaturated/α-hetero) is 1. The quantitative estimate of drug-likeness (QED) is 0.186. The molecule has 0 amide bonds. The van der Waals surface area contributed by atoms with E-state index in [1.165, 1.54) is 0 Å². The van der Waals surface area contributed by atoms with Crippen molar-refractivity contribution in [1.29, 1.82) is 0 Å². The van der Waals surface area contributed by atoms with E-state index in [1.54, 1.807) is 11.8 Å². The molecule has 0 unspecified atom stereocenters. The van der Waals surface area contributed by atoms with E-state index in [-0.39, 0.29) is 5.78 Å². The Morgan fingerprint density at radius 1 is 1.11 bits per heavy atom. The molecule has 27 heavy (non-hydrogen) atoms. The second-order valence-corrected chi connectivity index (χ2v) is 7.93. The van der Waals surface area contributed by atoms with Crippen LogP contribution in [0.15, 0.2) is 76.9 Å². The van der Waals surface area contributed by atoms with Crippen LogP contribution in [0.25, 0.3) is 11.4 Å². The fourth-order valence-corrected chi connectivity index (χ4v) is 3.82. The predicted molar refractivity (Wildman–Crippen MR) is 114 cm³/mol. The van der Waals surface area contributed by atoms with Gasteiger partial charge in [0.05, 0.1) is 0 Å². The predicted octanol–water partition coefficient (Wildman–Crippen LogP) is 5.65. The molecular formula is C21H20BrN3OS. The minimum absolute atomic E-state index is 0.180. The lowest BCUT2D eigenvalue weighted by Gasteiger charge is -2.08. The maximum Gasteiger partial charge on any atom is 0.191 e. The van der Waals surface area contributed by atoms with Gasteiger partial charge in [0.25, 0.3) is 0 Å². The van der Waals surface area contributed by atoms with Crippen LogP contribution in [0.2, 0.25) is 0 Å². The van der Waals surface area contributed by atoms with E-state index in [1.807, 2.05) is 60.7 Å². The molecule has 4 nitrogen and oxygen atoms in total. The van der Waals surface area contributed by atoms with Crippen LogP contribution in [0.4, 0.5) is 0 Å². The minimum Gasteiger partial charge on any atom is -0.298 e. The number of benzene rings is 2. The largest absolute Gasteiger partial charge is 0.298 e. The first kappa shape index (κ1) is 19.6. The third kappa shape index (κ3) is 5.17. The van der Waals surface area contributed by atoms with Crippen molar-refractivity contribution >= 4 is 33.5 Å². The number of aromatic nitrogens is 3. The summed E-state index contributed by atoms with van der Waals surface area (Å²) in [6.07, 6.45) is 3.17. The number of carbonyl (C=O) groups is 1. The summed E-state index contributed by atoms with van der Waals surface area (Å²) in [5.74, 6) is 1.82. The first-order valence-electron chi connectivity index (χ1n) is 8.70. The van der Waals surface area contributed by atoms with Crippen molar-refractivity contribution in [3.8, 4) is 11.4 Å². The lowest BCUT2D eigenvalue weighted by atomic mass is 10.1. The zero-order valence-corrected chi connectivity index (χ0v) is 17.2. The molecule has 1 heterocycles. The van der Waals surface area contributed by atoms with Crippen LogP contribution in [0.5, 0.6) is 0 Å². The first-order valence-corrected chi connectivity index (χ1v) is 10.5. The average Bonchev–Trinajstić information content (AvgIpc) is 3.09. The van der Waals surface area contributed by atoms with Gasteiger partial charge in [-0.05, 0) is 18.6 Å². The van der Waals surface area contributed by atoms with Crippen molar-refractivity contribution in [2.75, 3.05) is 5.75 Å². The van der Waals surface area contributed by atoms with Gasteiger partial charge in [-0.1, -0.05) is 76.2 Å². The van der Waals surface area contributed by atoms with Crippen LogP contribution >= 0.6 is 27.7 Å². The maximum atomic E-state index is 12.2. The molecule has 0 saturated heterocycles. The zero-order valence-electron chi connectivity index (χ0n) is 14.8. The fourth-order valence-electron chi connectivity index (χ4n) is 2.67. The summed E-state index contributed by atoms with van der Waals surface area (Å²) in [4.78, 5) is 12.2. The second-order valence-electron chi connectivity index (χ2n) is 5.95. The van der Waals surface area contributed by atoms with Crippen molar-refractivity contribution in [3.63, 3.8) is 0 Å². The van der Waals surface area contributed by atoms with Crippen LogP contribution in [-0.2, 0) is 6.54 Å². The number of allylic oxidation sites excluding steroid dienone is 1. The number of carbonyl (C=O) groups excluding carboxylic acids is 1. The third-order valence-corrected chi connectivity index (χ3v) is 5.59. The maximum absolute atomic E-state index is 12.2. The van der Waals surface area contributed by atoms with Crippen molar-refractivity contribution in [2.45, 2.75) is 24.5 Å². The molecule has 0 spiro atoms. The topological polar surface area (TPSA) is 47.8 Å². The van der Waals surface area contributed by atoms with Crippen LogP contribution in [0.1, 0.15) is 23.2 Å². The van der Waals surface area contributed by atoms with E-state index in [0.29, 0.717) is 13.0 Å². The Morgan fingerprint density at radius 3 is 2.56 bits per heavy atom. The molecular weight excluding hydrogens is 422 g/mol. The van der Waals surface area contributed by atoms with Gasteiger partial charge in [-0.15, -0.1) is 16.8 Å². The normalized spacial score (nSPS) is 10.7. The van der Waals surface area contributed by atoms with E-state index in [0.717, 1.165) is 38.8 Å². The van der Waals surface area contributed by atoms with Gasteiger partial charge in [-0.25, -0.2) is 0 Å². The summed E-state index contributed by atoms with van der Waals surface area (Å²) in [6.45, 7) is 4.48. The highest BCUT2D eigenvalue weighted by Gasteiger charge is 2.14. The summed E-state index contributed by atoms with van der Waals surface area (Å²) in [7, 11) is 0. The summed E-state index contributed by atoms with van der Waals surface area (Å²) in [5, 5.41) is 9.55. The molecule has 0 fully saturated rings. The van der Waals surface area contributed by atoms with E-state index in [4.69, 9.17) is 0 Å². The Morgan fingerprint density at radius 2 is 1.85 bits per heavy atom. The molecule has 0 aliphatic rings. The van der Waals surface area contributed by atoms with Gasteiger partial charge in [-0.2, -0.15) is 0 Å². The molecule has 0 radical (unpaired) electrons. The molecule has 0 bridgehead atoms. The standard InChI is InChI=1S/C21H20BrN3OS/c1-2-14-25-20(17-10-12-18(22)13-11-17)23-24-21(25)27-15-6-9-19(26)16-7-4-3-5-8-16/h2-5,7-8,10-13H,1,6,9,14-15H2. The molecule has 0 aliphatic heterocycles. The summed E-state index contributed by atoms with van der Waals surface area (Å²) < 4.78 is 3.08. The third-order valence-electron chi connectivity index (χ3n) is 4.01. The van der Waals surface area contributed by atoms with Crippen molar-refractivity contribution in [2.24, 2.45) is 0 Å². The Bertz CT molecular complexity index is 907. The Kier molecular flexibility index (Phi) is 7.01. The van der Waals surface area contributed by atoms with E-state index in [2.05, 4.69) is 37.3 Å². The highest BCUT2D eigenvalue weighted by atomic mass is 79.9. The lowest BCUT2D eigenvalue weighted by Crippen LogP contribution is -2.02. The second kappa shape index (κ2) is 9.67. The number of thioether (sulfide) groups is 1. The number of hydrogen-bond donors (Lipinski definition) is 0. The van der Waals surface area contributed by atoms with E-state index in [9.17, 15) is 4.79 Å². The molecule has 1 aromatic heterocycles. The van der Waals surface area contributed by atoms with Crippen LogP contribution < -0.4 is 0 Å². The molecule has 3 rings (SSSR count). The zero-order chi connectivity index (χ0) is 19.1. The highest BCUT2D eigenvalue weighted by molar-refractivity contribution is 9.10. The number of nitrogens with zero attached hydrogens (tertiary/aromatic N) is 3. The lowest BCUT2D eigenvalue weighted by molar-refractivity contribution is 0.0982. The van der Waals surface area contributed by atoms with Gasteiger partial charge in [-0.3, -0.25) is 9.36 Å².